The van der Waals surface area contributed by atoms with E-state index in [0.717, 1.165) is 27.7 Å². The second-order valence-electron chi connectivity index (χ2n) is 36.6. The minimum atomic E-state index is -3.36. The first-order valence-electron chi connectivity index (χ1n) is 45.9. The number of hydrogen-bond donors (Lipinski definition) is 39. The predicted octanol–water partition coefficient (Wildman–Crippen LogP) is -26.0. The number of rotatable bonds is 41. The van der Waals surface area contributed by atoms with Gasteiger partial charge in [-0.25, -0.2) is 9.59 Å². The van der Waals surface area contributed by atoms with Gasteiger partial charge in [0.2, 0.25) is 23.6 Å². The molecule has 0 aromatic carbocycles. The molecule has 39 N–H and O–H groups in total. The van der Waals surface area contributed by atoms with Gasteiger partial charge in [-0.2, -0.15) is 0 Å². The van der Waals surface area contributed by atoms with Crippen molar-refractivity contribution in [3.8, 4) is 0 Å². The number of carbonyl (C=O) groups is 6. The summed E-state index contributed by atoms with van der Waals surface area (Å²) in [5.74, 6) is -15.1. The van der Waals surface area contributed by atoms with Crippen molar-refractivity contribution >= 4 is 35.6 Å². The standard InChI is InChI=1S/C80H132N4O62/c1-18(95)81-35-48(112)57(30(13-91)127-68(35)121)136-69-36(82-19(2)96)49(113)58(31(14-92)132-69)137-72-54(118)61(140-76-67(53(117)44(108)27(10-88)131-76)142-71-38(84-21(4)98)51(115)60(33(16-94)134-71)139-74-56(120)65(46(110)29(12-90)129-74)146-80(78(124)125)6-23(100)40(104)63(144-80)42(106)25(102)8-86)47(111)34(135-72)17-126-75-66(52(116)43(107)26(9-87)130-75)141-70-37(83-20(3)97)50(114)59(32(15-93)133-70)138-73-55(119)64(45(109)28(11-89)128-73)145-79(77(122)123)5-22(99)39(103)62(143-79)41(105)24(101)7-85/h22-76,85-94,99-121H,5-17H2,1-4H3,(H,81,95)(H,82,96)(H,83,97)(H,84,98)(H,122,123)(H,124,125)/t22-,23-,24+,25+,26+,27+,28+,29+,30+,31+,32+,33+,34+,35+,36+,37+,38+,39+,40+,41+,42+,43+,44+,45-,46-,47+,48+,49+,50+,51+,52-,53-,54-,55+,56+,57+,58+,59+,60+,61-,62+,63+,64-,65-,66-,67-,68+,69-,70-,71-,72-,73-,74-,75-,76+,79-,80-/m0/s1. The van der Waals surface area contributed by atoms with E-state index < -0.39 is 470 Å². The van der Waals surface area contributed by atoms with Crippen molar-refractivity contribution in [2.24, 2.45) is 0 Å². The highest BCUT2D eigenvalue weighted by molar-refractivity contribution is 5.77. The largest absolute Gasteiger partial charge is 0.477 e. The van der Waals surface area contributed by atoms with Gasteiger partial charge in [0.1, 0.15) is 268 Å². The van der Waals surface area contributed by atoms with Crippen molar-refractivity contribution < 1.29 is 307 Å². The van der Waals surface area contributed by atoms with E-state index in [1.807, 2.05) is 0 Å². The zero-order chi connectivity index (χ0) is 108. The van der Waals surface area contributed by atoms with Crippen LogP contribution in [0.3, 0.4) is 0 Å². The van der Waals surface area contributed by atoms with Crippen LogP contribution in [0.4, 0.5) is 0 Å². The lowest BCUT2D eigenvalue weighted by Crippen LogP contribution is -2.71. The molecule has 0 aromatic heterocycles. The monoisotopic (exact) mass is 2140 g/mol. The number of aliphatic carboxylic acids is 2. The SMILES string of the molecule is CC(=O)N[C@@H]1[C@@H](O)[C@H](O[C@@H]2O[C@H](CO)[C@@H](O[C@@H]3O[C@H](CO[C@H]4O[C@H](CO)[C@@H](O)[C@H](O)[C@@H]4O[C@@H]4O[C@H](CO)[C@@H](O[C@@H]5O[C@H](CO)[C@H](O)[C@H](O[C@]6(C(=O)O)C[C@H](O)[C@@H](O)[C@H]([C@H](O)[C@H](O)CO)O6)[C@H]5O)[C@H](O)[C@H]4NC(C)=O)[C@@H](O)[C@H](O[C@H]4O[C@H](CO)[C@@H](O)[C@H](O)[C@@H]4O[C@@H]4O[C@H](CO)[C@@H](O[C@@H]5O[C@H](CO)[C@H](O)[C@H](O[C@]6(C(=O)O)C[C@H](O)[C@@H](O)[C@H]([C@H](O)[C@H](O)CO)O6)[C@H]5O)[C@H](O)[C@H]4NC(C)=O)[C@@H]3O)[C@H](O)[C@H]2NC(C)=O)[C@@H](CO)O[C@H]1O. The third-order valence-corrected chi connectivity index (χ3v) is 26.5. The average molecular weight is 2140 g/mol. The molecule has 844 valence electrons. The minimum Gasteiger partial charge on any atom is -0.477 e. The first-order chi connectivity index (χ1) is 68.8. The fourth-order valence-electron chi connectivity index (χ4n) is 18.8. The smallest absolute Gasteiger partial charge is 0.364 e. The summed E-state index contributed by atoms with van der Waals surface area (Å²) in [5.41, 5.74) is 0. The molecule has 0 aromatic rings. The Balaban J connectivity index is 0.907. The van der Waals surface area contributed by atoms with Gasteiger partial charge < -0.3 is 299 Å². The predicted molar refractivity (Wildman–Crippen MR) is 443 cm³/mol. The van der Waals surface area contributed by atoms with Crippen LogP contribution in [0, 0.1) is 0 Å². The van der Waals surface area contributed by atoms with Crippen molar-refractivity contribution in [3.05, 3.63) is 0 Å². The highest BCUT2D eigenvalue weighted by Gasteiger charge is 2.66. The molecule has 11 aliphatic heterocycles. The lowest BCUT2D eigenvalue weighted by atomic mass is 9.90. The Morgan fingerprint density at radius 3 is 0.870 bits per heavy atom. The topological polar surface area (TPSA) is 1050 Å². The number of aliphatic hydroxyl groups is 33. The summed E-state index contributed by atoms with van der Waals surface area (Å²) < 4.78 is 124. The van der Waals surface area contributed by atoms with Gasteiger partial charge in [-0.15, -0.1) is 0 Å². The summed E-state index contributed by atoms with van der Waals surface area (Å²) in [6.07, 6.45) is -120. The quantitative estimate of drug-likeness (QED) is 0.0270. The lowest BCUT2D eigenvalue weighted by Gasteiger charge is -2.51. The number of aliphatic hydroxyl groups excluding tert-OH is 33. The maximum absolute atomic E-state index is 13.3. The summed E-state index contributed by atoms with van der Waals surface area (Å²) in [4.78, 5) is 78.3. The van der Waals surface area contributed by atoms with Gasteiger partial charge >= 0.3 is 11.9 Å². The molecule has 0 spiro atoms. The lowest BCUT2D eigenvalue weighted by molar-refractivity contribution is -0.402. The molecular weight excluding hydrogens is 2010 g/mol. The van der Waals surface area contributed by atoms with E-state index in [0.29, 0.717) is 0 Å². The van der Waals surface area contributed by atoms with Crippen LogP contribution in [0.1, 0.15) is 40.5 Å². The van der Waals surface area contributed by atoms with Crippen LogP contribution < -0.4 is 21.3 Å². The molecule has 146 heavy (non-hydrogen) atoms. The highest BCUT2D eigenvalue weighted by atomic mass is 16.8. The van der Waals surface area contributed by atoms with Gasteiger partial charge in [0.15, 0.2) is 56.6 Å². The van der Waals surface area contributed by atoms with Crippen LogP contribution in [0.15, 0.2) is 0 Å². The van der Waals surface area contributed by atoms with E-state index in [1.54, 1.807) is 0 Å². The fraction of sp³-hybridized carbons (Fsp3) is 0.925. The Morgan fingerprint density at radius 1 is 0.281 bits per heavy atom. The van der Waals surface area contributed by atoms with E-state index in [-0.39, 0.29) is 0 Å². The van der Waals surface area contributed by atoms with Crippen molar-refractivity contribution in [1.82, 2.24) is 21.3 Å². The summed E-state index contributed by atoms with van der Waals surface area (Å²) in [6, 6.07) is -8.10. The maximum Gasteiger partial charge on any atom is 0.364 e. The van der Waals surface area contributed by atoms with Gasteiger partial charge in [-0.3, -0.25) is 19.2 Å². The number of carboxylic acids is 2. The fourth-order valence-corrected chi connectivity index (χ4v) is 18.8. The summed E-state index contributed by atoms with van der Waals surface area (Å²) in [7, 11) is 0. The number of carbonyl (C=O) groups excluding carboxylic acids is 4. The van der Waals surface area contributed by atoms with Gasteiger partial charge in [0.25, 0.3) is 11.6 Å². The molecular formula is C80H132N4O62. The maximum atomic E-state index is 13.3. The summed E-state index contributed by atoms with van der Waals surface area (Å²) >= 11 is 0. The Labute approximate surface area is 823 Å². The normalized spacial score (nSPS) is 47.5. The molecule has 11 saturated heterocycles. The molecule has 0 radical (unpaired) electrons. The van der Waals surface area contributed by atoms with Crippen LogP contribution in [0.5, 0.6) is 0 Å². The first-order valence-corrected chi connectivity index (χ1v) is 45.9. The number of amides is 4. The molecule has 66 nitrogen and oxygen atoms in total. The van der Waals surface area contributed by atoms with E-state index in [4.69, 9.17) is 99.5 Å². The minimum absolute atomic E-state index is 0.827. The molecule has 0 saturated carbocycles. The third-order valence-electron chi connectivity index (χ3n) is 26.5. The molecule has 0 unspecified atom stereocenters. The van der Waals surface area contributed by atoms with E-state index in [9.17, 15) is 207 Å². The van der Waals surface area contributed by atoms with Crippen LogP contribution in [0.2, 0.25) is 0 Å². The molecule has 11 fully saturated rings. The number of carboxylic acid groups (broad SMARTS) is 2. The van der Waals surface area contributed by atoms with Crippen molar-refractivity contribution in [3.63, 3.8) is 0 Å². The molecule has 11 rings (SSSR count). The Kier molecular flexibility index (Phi) is 42.9. The number of hydrogen-bond acceptors (Lipinski definition) is 60. The van der Waals surface area contributed by atoms with Crippen molar-refractivity contribution in [2.75, 3.05) is 72.7 Å². The average Bonchev–Trinajstić information content (AvgIpc) is 0.756. The molecule has 4 amide bonds. The van der Waals surface area contributed by atoms with Crippen LogP contribution in [-0.4, -0.2) is 636 Å². The van der Waals surface area contributed by atoms with E-state index in [2.05, 4.69) is 21.3 Å². The highest BCUT2D eigenvalue weighted by Crippen LogP contribution is 2.45. The van der Waals surface area contributed by atoms with Crippen molar-refractivity contribution in [2.45, 2.75) is 389 Å². The molecule has 11 heterocycles. The summed E-state index contributed by atoms with van der Waals surface area (Å²) in [6.45, 7) is -10.4. The van der Waals surface area contributed by atoms with Crippen LogP contribution in [-0.2, 0) is 128 Å². The molecule has 11 aliphatic rings. The second-order valence-corrected chi connectivity index (χ2v) is 36.6. The molecule has 0 aliphatic carbocycles. The van der Waals surface area contributed by atoms with Gasteiger partial charge in [-0.1, -0.05) is 0 Å². The second kappa shape index (κ2) is 51.8. The van der Waals surface area contributed by atoms with Crippen molar-refractivity contribution in [1.29, 1.82) is 0 Å². The Morgan fingerprint density at radius 2 is 0.541 bits per heavy atom. The van der Waals surface area contributed by atoms with E-state index >= 15 is 0 Å². The first kappa shape index (κ1) is 121. The Hall–Kier alpha value is -5.34. The van der Waals surface area contributed by atoms with Crippen LogP contribution in [0.25, 0.3) is 0 Å². The number of nitrogens with one attached hydrogen (secondary N) is 4. The zero-order valence-corrected chi connectivity index (χ0v) is 77.6. The van der Waals surface area contributed by atoms with Gasteiger partial charge in [-0.05, 0) is 0 Å². The molecule has 0 bridgehead atoms. The number of ether oxygens (including phenoxy) is 21. The Bertz CT molecular complexity index is 4140. The zero-order valence-electron chi connectivity index (χ0n) is 77.6. The summed E-state index contributed by atoms with van der Waals surface area (Å²) in [5, 5.41) is 401. The van der Waals surface area contributed by atoms with E-state index in [1.165, 1.54) is 0 Å². The van der Waals surface area contributed by atoms with Crippen LogP contribution >= 0.6 is 0 Å². The molecule has 57 atom stereocenters. The third kappa shape index (κ3) is 26.0. The van der Waals surface area contributed by atoms with Gasteiger partial charge in [0, 0.05) is 40.5 Å². The molecule has 66 heteroatoms. The van der Waals surface area contributed by atoms with Gasteiger partial charge in [0.05, 0.1) is 84.9 Å².